The van der Waals surface area contributed by atoms with Gasteiger partial charge in [-0.1, -0.05) is 24.3 Å². The van der Waals surface area contributed by atoms with Crippen molar-refractivity contribution in [3.8, 4) is 5.69 Å². The number of rotatable bonds is 8. The molecule has 1 amide bonds. The fourth-order valence-corrected chi connectivity index (χ4v) is 3.80. The molecule has 1 atom stereocenters. The van der Waals surface area contributed by atoms with Crippen LogP contribution in [0.25, 0.3) is 5.69 Å². The molecule has 10 heteroatoms. The molecule has 0 saturated heterocycles. The van der Waals surface area contributed by atoms with E-state index in [1.165, 1.54) is 24.5 Å². The van der Waals surface area contributed by atoms with E-state index in [1.54, 1.807) is 11.0 Å². The molecule has 0 aliphatic rings. The Morgan fingerprint density at radius 2 is 1.90 bits per heavy atom. The molecule has 0 aliphatic carbocycles. The molecule has 3 aromatic rings. The van der Waals surface area contributed by atoms with Crippen molar-refractivity contribution in [1.82, 2.24) is 24.8 Å². The fraction of sp³-hybridized carbons (Fsp3) is 0.211. The largest absolute Gasteiger partial charge is 0.350 e. The van der Waals surface area contributed by atoms with E-state index < -0.39 is 20.7 Å². The van der Waals surface area contributed by atoms with Gasteiger partial charge in [0.2, 0.25) is 15.9 Å². The van der Waals surface area contributed by atoms with Crippen molar-refractivity contribution < 1.29 is 17.6 Å². The van der Waals surface area contributed by atoms with Gasteiger partial charge in [-0.15, -0.1) is 0 Å². The van der Waals surface area contributed by atoms with Crippen LogP contribution in [0.1, 0.15) is 24.9 Å². The summed E-state index contributed by atoms with van der Waals surface area (Å²) in [5.41, 5.74) is 1.72. The number of nitrogens with zero attached hydrogens (tertiary/aromatic N) is 3. The summed E-state index contributed by atoms with van der Waals surface area (Å²) >= 11 is 0. The van der Waals surface area contributed by atoms with Crippen LogP contribution in [0, 0.1) is 5.82 Å². The Labute approximate surface area is 167 Å². The topological polar surface area (TPSA) is 106 Å². The average molecular weight is 417 g/mol. The van der Waals surface area contributed by atoms with Gasteiger partial charge >= 0.3 is 0 Å². The number of nitrogens with one attached hydrogen (secondary N) is 2. The first-order valence-corrected chi connectivity index (χ1v) is 10.3. The van der Waals surface area contributed by atoms with Crippen LogP contribution >= 0.6 is 0 Å². The number of halogens is 1. The SMILES string of the molecule is C[C@H](NC(=O)CCNS(=O)(=O)c1ccccc1F)c1ccc(-n2cncn2)cc1. The van der Waals surface area contributed by atoms with E-state index in [0.717, 1.165) is 17.3 Å². The summed E-state index contributed by atoms with van der Waals surface area (Å²) in [5, 5.41) is 6.85. The maximum Gasteiger partial charge on any atom is 0.243 e. The first-order valence-electron chi connectivity index (χ1n) is 8.85. The smallest absolute Gasteiger partial charge is 0.243 e. The normalized spacial score (nSPS) is 12.5. The number of amides is 1. The first kappa shape index (κ1) is 20.6. The lowest BCUT2D eigenvalue weighted by atomic mass is 10.1. The average Bonchev–Trinajstić information content (AvgIpc) is 3.23. The maximum absolute atomic E-state index is 13.6. The van der Waals surface area contributed by atoms with E-state index in [-0.39, 0.29) is 24.9 Å². The van der Waals surface area contributed by atoms with Gasteiger partial charge in [0.1, 0.15) is 23.4 Å². The van der Waals surface area contributed by atoms with Crippen LogP contribution in [0.2, 0.25) is 0 Å². The van der Waals surface area contributed by atoms with Gasteiger partial charge in [0.05, 0.1) is 11.7 Å². The van der Waals surface area contributed by atoms with E-state index in [4.69, 9.17) is 0 Å². The molecule has 0 radical (unpaired) electrons. The van der Waals surface area contributed by atoms with Crippen molar-refractivity contribution >= 4 is 15.9 Å². The highest BCUT2D eigenvalue weighted by atomic mass is 32.2. The highest BCUT2D eigenvalue weighted by Gasteiger charge is 2.18. The molecule has 3 rings (SSSR count). The molecule has 8 nitrogen and oxygen atoms in total. The van der Waals surface area contributed by atoms with Crippen LogP contribution in [0.4, 0.5) is 4.39 Å². The summed E-state index contributed by atoms with van der Waals surface area (Å²) in [5.74, 6) is -1.17. The molecule has 1 heterocycles. The summed E-state index contributed by atoms with van der Waals surface area (Å²) in [6.45, 7) is 1.69. The number of benzene rings is 2. The zero-order valence-electron chi connectivity index (χ0n) is 15.6. The molecule has 2 aromatic carbocycles. The zero-order chi connectivity index (χ0) is 20.9. The number of hydrogen-bond donors (Lipinski definition) is 2. The molecule has 0 spiro atoms. The van der Waals surface area contributed by atoms with Crippen molar-refractivity contribution in [3.63, 3.8) is 0 Å². The fourth-order valence-electron chi connectivity index (χ4n) is 2.69. The lowest BCUT2D eigenvalue weighted by Gasteiger charge is -2.15. The number of carbonyl (C=O) groups excluding carboxylic acids is 1. The quantitative estimate of drug-likeness (QED) is 0.583. The number of sulfonamides is 1. The third-order valence-electron chi connectivity index (χ3n) is 4.22. The monoisotopic (exact) mass is 417 g/mol. The van der Waals surface area contributed by atoms with E-state index in [1.807, 2.05) is 31.2 Å². The van der Waals surface area contributed by atoms with Gasteiger partial charge in [-0.2, -0.15) is 5.10 Å². The maximum atomic E-state index is 13.6. The number of carbonyl (C=O) groups is 1. The van der Waals surface area contributed by atoms with Gasteiger partial charge in [0.15, 0.2) is 0 Å². The molecular formula is C19H20FN5O3S. The van der Waals surface area contributed by atoms with Crippen molar-refractivity contribution in [2.75, 3.05) is 6.54 Å². The second-order valence-electron chi connectivity index (χ2n) is 6.30. The zero-order valence-corrected chi connectivity index (χ0v) is 16.4. The lowest BCUT2D eigenvalue weighted by Crippen LogP contribution is -2.32. The van der Waals surface area contributed by atoms with Gasteiger partial charge in [-0.3, -0.25) is 4.79 Å². The summed E-state index contributed by atoms with van der Waals surface area (Å²) in [7, 11) is -4.01. The van der Waals surface area contributed by atoms with E-state index in [2.05, 4.69) is 20.1 Å². The second kappa shape index (κ2) is 8.93. The molecule has 29 heavy (non-hydrogen) atoms. The minimum absolute atomic E-state index is 0.0743. The van der Waals surface area contributed by atoms with E-state index in [0.29, 0.717) is 0 Å². The van der Waals surface area contributed by atoms with Crippen LogP contribution < -0.4 is 10.0 Å². The van der Waals surface area contributed by atoms with Gasteiger partial charge in [-0.25, -0.2) is 27.2 Å². The third-order valence-corrected chi connectivity index (χ3v) is 5.72. The van der Waals surface area contributed by atoms with Gasteiger partial charge in [0, 0.05) is 13.0 Å². The highest BCUT2D eigenvalue weighted by Crippen LogP contribution is 2.16. The molecule has 1 aromatic heterocycles. The Morgan fingerprint density at radius 3 is 2.55 bits per heavy atom. The van der Waals surface area contributed by atoms with Crippen molar-refractivity contribution in [1.29, 1.82) is 0 Å². The van der Waals surface area contributed by atoms with Gasteiger partial charge in [-0.05, 0) is 36.8 Å². The molecule has 152 valence electrons. The van der Waals surface area contributed by atoms with Crippen LogP contribution in [0.5, 0.6) is 0 Å². The van der Waals surface area contributed by atoms with Crippen LogP contribution in [0.3, 0.4) is 0 Å². The Balaban J connectivity index is 1.51. The Bertz CT molecular complexity index is 1070. The molecule has 0 saturated carbocycles. The summed E-state index contributed by atoms with van der Waals surface area (Å²) in [4.78, 5) is 15.6. The molecule has 0 unspecified atom stereocenters. The molecule has 2 N–H and O–H groups in total. The van der Waals surface area contributed by atoms with E-state index >= 15 is 0 Å². The van der Waals surface area contributed by atoms with Crippen molar-refractivity contribution in [2.45, 2.75) is 24.3 Å². The highest BCUT2D eigenvalue weighted by molar-refractivity contribution is 7.89. The molecule has 0 bridgehead atoms. The van der Waals surface area contributed by atoms with Gasteiger partial charge in [0.25, 0.3) is 0 Å². The second-order valence-corrected chi connectivity index (χ2v) is 8.03. The Kier molecular flexibility index (Phi) is 6.35. The van der Waals surface area contributed by atoms with Crippen LogP contribution in [0.15, 0.2) is 66.1 Å². The van der Waals surface area contributed by atoms with Gasteiger partial charge < -0.3 is 5.32 Å². The van der Waals surface area contributed by atoms with Crippen LogP contribution in [-0.2, 0) is 14.8 Å². The molecule has 0 fully saturated rings. The van der Waals surface area contributed by atoms with E-state index in [9.17, 15) is 17.6 Å². The lowest BCUT2D eigenvalue weighted by molar-refractivity contribution is -0.121. The summed E-state index contributed by atoms with van der Waals surface area (Å²) < 4.78 is 41.7. The van der Waals surface area contributed by atoms with Crippen molar-refractivity contribution in [2.24, 2.45) is 0 Å². The number of hydrogen-bond acceptors (Lipinski definition) is 5. The predicted molar refractivity (Wildman–Crippen MR) is 104 cm³/mol. The first-order chi connectivity index (χ1) is 13.9. The third kappa shape index (κ3) is 5.24. The summed E-state index contributed by atoms with van der Waals surface area (Å²) in [6.07, 6.45) is 2.95. The Hall–Kier alpha value is -3.11. The Morgan fingerprint density at radius 1 is 1.17 bits per heavy atom. The standard InChI is InChI=1S/C19H20FN5O3S/c1-14(15-6-8-16(9-7-15)25-13-21-12-22-25)24-19(26)10-11-23-29(27,28)18-5-3-2-4-17(18)20/h2-9,12-14,23H,10-11H2,1H3,(H,24,26)/t14-/m0/s1. The van der Waals surface area contributed by atoms with Crippen LogP contribution in [-0.4, -0.2) is 35.6 Å². The van der Waals surface area contributed by atoms with Crippen molar-refractivity contribution in [3.05, 3.63) is 72.6 Å². The summed E-state index contributed by atoms with van der Waals surface area (Å²) in [6, 6.07) is 12.2. The molecular weight excluding hydrogens is 397 g/mol. The predicted octanol–water partition coefficient (Wildman–Crippen LogP) is 1.95. The molecule has 0 aliphatic heterocycles. The minimum atomic E-state index is -4.01. The number of aromatic nitrogens is 3. The minimum Gasteiger partial charge on any atom is -0.350 e.